The van der Waals surface area contributed by atoms with Crippen LogP contribution < -0.4 is 10.6 Å². The van der Waals surface area contributed by atoms with Crippen LogP contribution in [-0.4, -0.2) is 61.1 Å². The minimum absolute atomic E-state index is 0.0166. The Morgan fingerprint density at radius 1 is 1.37 bits per heavy atom. The third kappa shape index (κ3) is 4.78. The van der Waals surface area contributed by atoms with E-state index >= 15 is 0 Å². The van der Waals surface area contributed by atoms with Crippen LogP contribution in [0.1, 0.15) is 23.7 Å². The van der Waals surface area contributed by atoms with Crippen molar-refractivity contribution in [2.45, 2.75) is 13.3 Å². The lowest BCUT2D eigenvalue weighted by Crippen LogP contribution is -2.31. The molecular formula is C18H22ClN3O5. The Labute approximate surface area is 162 Å². The van der Waals surface area contributed by atoms with E-state index in [0.29, 0.717) is 17.8 Å². The van der Waals surface area contributed by atoms with Gasteiger partial charge in [-0.05, 0) is 24.6 Å². The van der Waals surface area contributed by atoms with E-state index in [0.717, 1.165) is 6.42 Å². The van der Waals surface area contributed by atoms with E-state index in [-0.39, 0.29) is 41.9 Å². The Morgan fingerprint density at radius 2 is 2.11 bits per heavy atom. The average Bonchev–Trinajstić information content (AvgIpc) is 2.97. The summed E-state index contributed by atoms with van der Waals surface area (Å²) in [6.45, 7) is 2.35. The number of methoxy groups -OCH3 is 1. The van der Waals surface area contributed by atoms with Gasteiger partial charge < -0.3 is 25.4 Å². The van der Waals surface area contributed by atoms with Crippen molar-refractivity contribution in [3.05, 3.63) is 40.1 Å². The number of β-amino-alcohol motifs (C(OH)–C–C–N with tert-alkyl or cyclic N) is 1. The molecule has 0 saturated heterocycles. The molecule has 27 heavy (non-hydrogen) atoms. The van der Waals surface area contributed by atoms with E-state index in [1.165, 1.54) is 24.1 Å². The maximum absolute atomic E-state index is 12.6. The molecule has 1 aliphatic heterocycles. The monoisotopic (exact) mass is 395 g/mol. The number of halogens is 1. The second-order valence-corrected chi connectivity index (χ2v) is 6.28. The van der Waals surface area contributed by atoms with Gasteiger partial charge in [-0.2, -0.15) is 0 Å². The second-order valence-electron chi connectivity index (χ2n) is 5.87. The van der Waals surface area contributed by atoms with Crippen molar-refractivity contribution in [1.82, 2.24) is 10.2 Å². The van der Waals surface area contributed by atoms with Crippen molar-refractivity contribution in [3.8, 4) is 0 Å². The van der Waals surface area contributed by atoms with E-state index in [9.17, 15) is 14.4 Å². The van der Waals surface area contributed by atoms with Crippen molar-refractivity contribution in [2.75, 3.05) is 38.7 Å². The molecule has 1 aliphatic rings. The molecule has 1 heterocycles. The number of anilines is 1. The number of hydrogen-bond donors (Lipinski definition) is 3. The van der Waals surface area contributed by atoms with Gasteiger partial charge in [0.15, 0.2) is 0 Å². The zero-order valence-electron chi connectivity index (χ0n) is 15.2. The number of hydrogen-bond acceptors (Lipinski definition) is 6. The van der Waals surface area contributed by atoms with Gasteiger partial charge in [-0.1, -0.05) is 18.5 Å². The Kier molecular flexibility index (Phi) is 7.20. The number of nitrogens with one attached hydrogen (secondary N) is 2. The highest BCUT2D eigenvalue weighted by atomic mass is 35.5. The Morgan fingerprint density at radius 3 is 2.74 bits per heavy atom. The summed E-state index contributed by atoms with van der Waals surface area (Å²) in [5, 5.41) is 15.0. The lowest BCUT2D eigenvalue weighted by molar-refractivity contribution is -0.136. The van der Waals surface area contributed by atoms with Crippen LogP contribution in [-0.2, 0) is 14.3 Å². The highest BCUT2D eigenvalue weighted by Gasteiger charge is 2.34. The summed E-state index contributed by atoms with van der Waals surface area (Å²) in [7, 11) is 1.22. The number of benzene rings is 1. The van der Waals surface area contributed by atoms with Crippen LogP contribution in [0.2, 0.25) is 5.02 Å². The molecule has 8 nitrogen and oxygen atoms in total. The van der Waals surface area contributed by atoms with Gasteiger partial charge in [0.05, 0.1) is 36.5 Å². The summed E-state index contributed by atoms with van der Waals surface area (Å²) >= 11 is 6.19. The van der Waals surface area contributed by atoms with Crippen molar-refractivity contribution < 1.29 is 24.2 Å². The fraction of sp³-hybridized carbons (Fsp3) is 0.389. The number of aliphatic hydroxyl groups is 1. The van der Waals surface area contributed by atoms with Gasteiger partial charge in [-0.15, -0.1) is 0 Å². The number of carbonyl (C=O) groups is 3. The quantitative estimate of drug-likeness (QED) is 0.570. The fourth-order valence-electron chi connectivity index (χ4n) is 2.59. The summed E-state index contributed by atoms with van der Waals surface area (Å²) in [4.78, 5) is 38.1. The highest BCUT2D eigenvalue weighted by Crippen LogP contribution is 2.28. The molecule has 1 aromatic carbocycles. The van der Waals surface area contributed by atoms with Crippen LogP contribution in [0.25, 0.3) is 0 Å². The number of aliphatic hydroxyl groups excluding tert-OH is 1. The lowest BCUT2D eigenvalue weighted by atomic mass is 10.1. The van der Waals surface area contributed by atoms with Gasteiger partial charge in [0.25, 0.3) is 11.8 Å². The summed E-state index contributed by atoms with van der Waals surface area (Å²) in [6.07, 6.45) is 0.801. The zero-order valence-corrected chi connectivity index (χ0v) is 15.9. The van der Waals surface area contributed by atoms with Gasteiger partial charge in [0.2, 0.25) is 0 Å². The molecule has 2 amide bonds. The highest BCUT2D eigenvalue weighted by molar-refractivity contribution is 6.33. The number of esters is 1. The topological polar surface area (TPSA) is 108 Å². The molecule has 3 N–H and O–H groups in total. The van der Waals surface area contributed by atoms with Crippen molar-refractivity contribution in [1.29, 1.82) is 0 Å². The summed E-state index contributed by atoms with van der Waals surface area (Å²) < 4.78 is 4.74. The van der Waals surface area contributed by atoms with E-state index in [2.05, 4.69) is 10.6 Å². The first-order chi connectivity index (χ1) is 12.9. The number of carbonyl (C=O) groups excluding carboxylic acids is 3. The molecule has 0 radical (unpaired) electrons. The third-order valence-corrected chi connectivity index (χ3v) is 4.31. The van der Waals surface area contributed by atoms with Gasteiger partial charge in [0.1, 0.15) is 5.70 Å². The molecule has 0 fully saturated rings. The van der Waals surface area contributed by atoms with Gasteiger partial charge in [0, 0.05) is 18.7 Å². The second kappa shape index (κ2) is 9.38. The molecule has 0 aromatic heterocycles. The zero-order chi connectivity index (χ0) is 20.0. The molecule has 0 aliphatic carbocycles. The molecule has 146 valence electrons. The Hall–Kier alpha value is -2.58. The lowest BCUT2D eigenvalue weighted by Gasteiger charge is -2.15. The molecule has 0 atom stereocenters. The average molecular weight is 396 g/mol. The Bertz CT molecular complexity index is 778. The summed E-state index contributed by atoms with van der Waals surface area (Å²) in [5.41, 5.74) is 0.834. The van der Waals surface area contributed by atoms with E-state index in [4.69, 9.17) is 21.4 Å². The van der Waals surface area contributed by atoms with Crippen LogP contribution in [0.15, 0.2) is 29.5 Å². The molecule has 0 unspecified atom stereocenters. The van der Waals surface area contributed by atoms with Crippen LogP contribution >= 0.6 is 11.6 Å². The van der Waals surface area contributed by atoms with Gasteiger partial charge in [-0.25, -0.2) is 4.79 Å². The van der Waals surface area contributed by atoms with Crippen LogP contribution in [0.4, 0.5) is 5.69 Å². The van der Waals surface area contributed by atoms with E-state index in [1.54, 1.807) is 6.07 Å². The van der Waals surface area contributed by atoms with Gasteiger partial charge in [-0.3, -0.25) is 9.59 Å². The predicted octanol–water partition coefficient (Wildman–Crippen LogP) is 1.15. The number of amides is 2. The maximum atomic E-state index is 12.6. The van der Waals surface area contributed by atoms with Crippen LogP contribution in [0.5, 0.6) is 0 Å². The van der Waals surface area contributed by atoms with Crippen molar-refractivity contribution in [2.24, 2.45) is 0 Å². The first kappa shape index (κ1) is 20.7. The minimum Gasteiger partial charge on any atom is -0.466 e. The molecular weight excluding hydrogens is 374 g/mol. The third-order valence-electron chi connectivity index (χ3n) is 3.98. The van der Waals surface area contributed by atoms with Crippen LogP contribution in [0, 0.1) is 0 Å². The van der Waals surface area contributed by atoms with Gasteiger partial charge >= 0.3 is 5.97 Å². The Balaban J connectivity index is 2.33. The SMILES string of the molecule is CCCNC(=O)c1ccc(Cl)c(NC2=C(C(=O)OC)CN(CCO)C2=O)c1. The summed E-state index contributed by atoms with van der Waals surface area (Å²) in [5.74, 6) is -1.38. The smallest absolute Gasteiger partial charge is 0.337 e. The molecule has 9 heteroatoms. The fourth-order valence-corrected chi connectivity index (χ4v) is 2.75. The predicted molar refractivity (Wildman–Crippen MR) is 100 cm³/mol. The largest absolute Gasteiger partial charge is 0.466 e. The molecule has 0 spiro atoms. The summed E-state index contributed by atoms with van der Waals surface area (Å²) in [6, 6.07) is 4.62. The normalized spacial score (nSPS) is 13.8. The van der Waals surface area contributed by atoms with E-state index < -0.39 is 11.9 Å². The first-order valence-electron chi connectivity index (χ1n) is 8.49. The molecule has 2 rings (SSSR count). The van der Waals surface area contributed by atoms with Crippen molar-refractivity contribution in [3.63, 3.8) is 0 Å². The molecule has 0 bridgehead atoms. The number of nitrogens with zero attached hydrogens (tertiary/aromatic N) is 1. The van der Waals surface area contributed by atoms with E-state index in [1.807, 2.05) is 6.92 Å². The first-order valence-corrected chi connectivity index (χ1v) is 8.87. The molecule has 0 saturated carbocycles. The minimum atomic E-state index is -0.653. The van der Waals surface area contributed by atoms with Crippen LogP contribution in [0.3, 0.4) is 0 Å². The maximum Gasteiger partial charge on any atom is 0.337 e. The number of ether oxygens (including phenoxy) is 1. The van der Waals surface area contributed by atoms with Crippen molar-refractivity contribution >= 4 is 35.1 Å². The molecule has 1 aromatic rings. The number of rotatable bonds is 8. The standard InChI is InChI=1S/C18H22ClN3O5/c1-3-6-20-16(24)11-4-5-13(19)14(9-11)21-15-12(18(26)27-2)10-22(7-8-23)17(15)25/h4-5,9,21,23H,3,6-8,10H2,1-2H3,(H,20,24).